The summed E-state index contributed by atoms with van der Waals surface area (Å²) >= 11 is 1.11. The predicted molar refractivity (Wildman–Crippen MR) is 92.4 cm³/mol. The second-order valence-electron chi connectivity index (χ2n) is 5.79. The summed E-state index contributed by atoms with van der Waals surface area (Å²) in [6.45, 7) is 4.28. The van der Waals surface area contributed by atoms with Crippen molar-refractivity contribution in [3.8, 4) is 0 Å². The third-order valence-electron chi connectivity index (χ3n) is 3.78. The number of hydrogen-bond donors (Lipinski definition) is 2. The van der Waals surface area contributed by atoms with Gasteiger partial charge in [0.1, 0.15) is 5.76 Å². The number of aryl methyl sites for hydroxylation is 2. The van der Waals surface area contributed by atoms with Crippen LogP contribution in [0.1, 0.15) is 33.2 Å². The molecule has 1 aliphatic rings. The van der Waals surface area contributed by atoms with E-state index < -0.39 is 15.9 Å². The summed E-state index contributed by atoms with van der Waals surface area (Å²) in [4.78, 5) is 13.2. The zero-order valence-electron chi connectivity index (χ0n) is 13.9. The van der Waals surface area contributed by atoms with E-state index in [9.17, 15) is 13.2 Å². The molecular weight excluding hydrogens is 366 g/mol. The van der Waals surface area contributed by atoms with Gasteiger partial charge in [0, 0.05) is 24.1 Å². The van der Waals surface area contributed by atoms with Crippen LogP contribution in [0, 0.1) is 13.8 Å². The van der Waals surface area contributed by atoms with Crippen molar-refractivity contribution in [1.82, 2.24) is 9.88 Å². The van der Waals surface area contributed by atoms with E-state index in [1.807, 2.05) is 0 Å². The fraction of sp³-hybridized carbons (Fsp3) is 0.467. The molecule has 0 aliphatic carbocycles. The van der Waals surface area contributed by atoms with Crippen molar-refractivity contribution in [2.45, 2.75) is 37.7 Å². The SMILES string of the molecule is Cc1cc(NC(=O)c2cc(S(=O)(=O)NCC3CCCO3)c(C)s2)no1. The first kappa shape index (κ1) is 18.1. The van der Waals surface area contributed by atoms with E-state index in [0.717, 1.165) is 24.2 Å². The predicted octanol–water partition coefficient (Wildman–Crippen LogP) is 2.06. The number of hydrogen-bond acceptors (Lipinski definition) is 7. The molecule has 1 unspecified atom stereocenters. The molecule has 0 saturated carbocycles. The van der Waals surface area contributed by atoms with Crippen molar-refractivity contribution in [1.29, 1.82) is 0 Å². The number of nitrogens with zero attached hydrogens (tertiary/aromatic N) is 1. The molecular formula is C15H19N3O5S2. The van der Waals surface area contributed by atoms with E-state index in [1.54, 1.807) is 19.9 Å². The van der Waals surface area contributed by atoms with Gasteiger partial charge in [-0.25, -0.2) is 13.1 Å². The average Bonchev–Trinajstić information content (AvgIpc) is 3.27. The Morgan fingerprint density at radius 2 is 2.20 bits per heavy atom. The van der Waals surface area contributed by atoms with Crippen molar-refractivity contribution in [3.63, 3.8) is 0 Å². The van der Waals surface area contributed by atoms with Crippen LogP contribution in [0.4, 0.5) is 5.82 Å². The number of rotatable bonds is 6. The summed E-state index contributed by atoms with van der Waals surface area (Å²) < 4.78 is 37.8. The van der Waals surface area contributed by atoms with Gasteiger partial charge in [0.05, 0.1) is 15.9 Å². The Morgan fingerprint density at radius 3 is 2.84 bits per heavy atom. The Labute approximate surface area is 149 Å². The summed E-state index contributed by atoms with van der Waals surface area (Å²) in [5.41, 5.74) is 0. The molecule has 2 N–H and O–H groups in total. The molecule has 0 radical (unpaired) electrons. The molecule has 3 heterocycles. The van der Waals surface area contributed by atoms with Gasteiger partial charge < -0.3 is 14.6 Å². The Bertz CT molecular complexity index is 866. The number of carbonyl (C=O) groups is 1. The minimum Gasteiger partial charge on any atom is -0.377 e. The molecule has 1 atom stereocenters. The molecule has 25 heavy (non-hydrogen) atoms. The molecule has 0 aromatic carbocycles. The monoisotopic (exact) mass is 385 g/mol. The Kier molecular flexibility index (Phi) is 5.23. The van der Waals surface area contributed by atoms with Gasteiger partial charge in [-0.1, -0.05) is 5.16 Å². The zero-order valence-corrected chi connectivity index (χ0v) is 15.5. The lowest BCUT2D eigenvalue weighted by atomic mass is 10.2. The summed E-state index contributed by atoms with van der Waals surface area (Å²) in [6, 6.07) is 2.96. The highest BCUT2D eigenvalue weighted by Crippen LogP contribution is 2.26. The maximum atomic E-state index is 12.5. The van der Waals surface area contributed by atoms with E-state index in [0.29, 0.717) is 17.2 Å². The van der Waals surface area contributed by atoms with Crippen LogP contribution in [0.15, 0.2) is 21.6 Å². The van der Waals surface area contributed by atoms with Gasteiger partial charge in [-0.15, -0.1) is 11.3 Å². The van der Waals surface area contributed by atoms with Gasteiger partial charge >= 0.3 is 0 Å². The number of aromatic nitrogens is 1. The molecule has 136 valence electrons. The molecule has 2 aromatic rings. The summed E-state index contributed by atoms with van der Waals surface area (Å²) in [5, 5.41) is 6.27. The Balaban J connectivity index is 1.71. The third kappa shape index (κ3) is 4.27. The molecule has 10 heteroatoms. The largest absolute Gasteiger partial charge is 0.377 e. The van der Waals surface area contributed by atoms with Gasteiger partial charge in [-0.05, 0) is 32.8 Å². The van der Waals surface area contributed by atoms with Gasteiger partial charge in [-0.2, -0.15) is 0 Å². The molecule has 1 fully saturated rings. The molecule has 1 aliphatic heterocycles. The van der Waals surface area contributed by atoms with Gasteiger partial charge in [-0.3, -0.25) is 4.79 Å². The Hall–Kier alpha value is -1.75. The highest BCUT2D eigenvalue weighted by molar-refractivity contribution is 7.89. The lowest BCUT2D eigenvalue weighted by molar-refractivity contribution is 0.102. The minimum atomic E-state index is -3.69. The highest BCUT2D eigenvalue weighted by Gasteiger charge is 2.25. The maximum Gasteiger partial charge on any atom is 0.267 e. The number of sulfonamides is 1. The number of nitrogens with one attached hydrogen (secondary N) is 2. The molecule has 0 bridgehead atoms. The van der Waals surface area contributed by atoms with Crippen LogP contribution in [0.5, 0.6) is 0 Å². The number of amides is 1. The lowest BCUT2D eigenvalue weighted by Crippen LogP contribution is -2.31. The molecule has 0 spiro atoms. The van der Waals surface area contributed by atoms with Gasteiger partial charge in [0.25, 0.3) is 5.91 Å². The minimum absolute atomic E-state index is 0.0908. The molecule has 2 aromatic heterocycles. The van der Waals surface area contributed by atoms with Crippen LogP contribution in [0.2, 0.25) is 0 Å². The van der Waals surface area contributed by atoms with Crippen LogP contribution >= 0.6 is 11.3 Å². The van der Waals surface area contributed by atoms with Gasteiger partial charge in [0.2, 0.25) is 10.0 Å². The molecule has 1 amide bonds. The highest BCUT2D eigenvalue weighted by atomic mass is 32.2. The normalized spacial score (nSPS) is 17.8. The molecule has 1 saturated heterocycles. The molecule has 8 nitrogen and oxygen atoms in total. The summed E-state index contributed by atoms with van der Waals surface area (Å²) in [7, 11) is -3.69. The second-order valence-corrected chi connectivity index (χ2v) is 8.79. The van der Waals surface area contributed by atoms with E-state index in [2.05, 4.69) is 15.2 Å². The van der Waals surface area contributed by atoms with Crippen molar-refractivity contribution < 1.29 is 22.5 Å². The van der Waals surface area contributed by atoms with E-state index in [4.69, 9.17) is 9.26 Å². The summed E-state index contributed by atoms with van der Waals surface area (Å²) in [6.07, 6.45) is 1.69. The van der Waals surface area contributed by atoms with Gasteiger partial charge in [0.15, 0.2) is 5.82 Å². The van der Waals surface area contributed by atoms with Crippen LogP contribution in [-0.4, -0.2) is 38.7 Å². The van der Waals surface area contributed by atoms with E-state index in [1.165, 1.54) is 6.07 Å². The van der Waals surface area contributed by atoms with Crippen molar-refractivity contribution in [2.24, 2.45) is 0 Å². The van der Waals surface area contributed by atoms with E-state index in [-0.39, 0.29) is 28.2 Å². The zero-order chi connectivity index (χ0) is 18.0. The first-order valence-corrected chi connectivity index (χ1v) is 10.1. The standard InChI is InChI=1S/C15H19N3O5S2/c1-9-6-14(18-23-9)17-15(19)12-7-13(10(2)24-12)25(20,21)16-8-11-4-3-5-22-11/h6-7,11,16H,3-5,8H2,1-2H3,(H,17,18,19). The van der Waals surface area contributed by atoms with Crippen LogP contribution in [0.25, 0.3) is 0 Å². The number of anilines is 1. The lowest BCUT2D eigenvalue weighted by Gasteiger charge is -2.11. The smallest absolute Gasteiger partial charge is 0.267 e. The third-order valence-corrected chi connectivity index (χ3v) is 6.51. The number of ether oxygens (including phenoxy) is 1. The average molecular weight is 385 g/mol. The fourth-order valence-corrected chi connectivity index (χ4v) is 5.08. The number of carbonyl (C=O) groups excluding carboxylic acids is 1. The van der Waals surface area contributed by atoms with Crippen molar-refractivity contribution in [3.05, 3.63) is 27.6 Å². The van der Waals surface area contributed by atoms with Crippen LogP contribution in [0.3, 0.4) is 0 Å². The quantitative estimate of drug-likeness (QED) is 0.787. The van der Waals surface area contributed by atoms with Crippen LogP contribution in [-0.2, 0) is 14.8 Å². The second kappa shape index (κ2) is 7.24. The van der Waals surface area contributed by atoms with Crippen molar-refractivity contribution in [2.75, 3.05) is 18.5 Å². The Morgan fingerprint density at radius 1 is 1.40 bits per heavy atom. The van der Waals surface area contributed by atoms with Crippen molar-refractivity contribution >= 4 is 33.1 Å². The van der Waals surface area contributed by atoms with E-state index >= 15 is 0 Å². The first-order chi connectivity index (χ1) is 11.8. The molecule has 3 rings (SSSR count). The maximum absolute atomic E-state index is 12.5. The first-order valence-electron chi connectivity index (χ1n) is 7.81. The fourth-order valence-electron chi connectivity index (χ4n) is 2.53. The topological polar surface area (TPSA) is 111 Å². The van der Waals surface area contributed by atoms with Crippen LogP contribution < -0.4 is 10.0 Å². The number of thiophene rings is 1. The summed E-state index contributed by atoms with van der Waals surface area (Å²) in [5.74, 6) is 0.427.